The smallest absolute Gasteiger partial charge is 0.331 e. The van der Waals surface area contributed by atoms with Gasteiger partial charge in [-0.05, 0) is 18.4 Å². The fourth-order valence-electron chi connectivity index (χ4n) is 2.43. The van der Waals surface area contributed by atoms with E-state index in [2.05, 4.69) is 6.92 Å². The fourth-order valence-corrected chi connectivity index (χ4v) is 2.43. The highest BCUT2D eigenvalue weighted by Gasteiger charge is 2.07. The number of hydrogen-bond acceptors (Lipinski definition) is 1. The molecule has 0 amide bonds. The molecule has 21 heavy (non-hydrogen) atoms. The molecule has 116 valence electrons. The molecule has 0 saturated heterocycles. The van der Waals surface area contributed by atoms with Crippen LogP contribution in [0.1, 0.15) is 63.9 Å². The molecule has 0 aliphatic carbocycles. The normalized spacial score (nSPS) is 11.6. The van der Waals surface area contributed by atoms with Gasteiger partial charge in [-0.1, -0.05) is 81.9 Å². The van der Waals surface area contributed by atoms with Gasteiger partial charge in [0.05, 0.1) is 0 Å². The Kier molecular flexibility index (Phi) is 9.26. The molecule has 2 nitrogen and oxygen atoms in total. The molecule has 0 heterocycles. The van der Waals surface area contributed by atoms with E-state index in [1.807, 2.05) is 36.4 Å². The molecular formula is C19H28O2. The third-order valence-corrected chi connectivity index (χ3v) is 3.71. The number of allylic oxidation sites excluding steroid dienone is 1. The van der Waals surface area contributed by atoms with E-state index in [9.17, 15) is 9.90 Å². The van der Waals surface area contributed by atoms with Gasteiger partial charge in [0.1, 0.15) is 0 Å². The van der Waals surface area contributed by atoms with Crippen LogP contribution in [0.3, 0.4) is 0 Å². The van der Waals surface area contributed by atoms with Crippen LogP contribution < -0.4 is 0 Å². The molecule has 1 aromatic rings. The zero-order valence-corrected chi connectivity index (χ0v) is 13.2. The van der Waals surface area contributed by atoms with Crippen molar-refractivity contribution in [3.8, 4) is 0 Å². The number of aliphatic carboxylic acids is 1. The lowest BCUT2D eigenvalue weighted by Crippen LogP contribution is -2.04. The van der Waals surface area contributed by atoms with Crippen molar-refractivity contribution in [1.82, 2.24) is 0 Å². The first-order valence-corrected chi connectivity index (χ1v) is 8.20. The maximum Gasteiger partial charge on any atom is 0.331 e. The maximum absolute atomic E-state index is 11.3. The van der Waals surface area contributed by atoms with Crippen LogP contribution >= 0.6 is 0 Å². The van der Waals surface area contributed by atoms with Gasteiger partial charge in [0.2, 0.25) is 0 Å². The molecule has 0 fully saturated rings. The van der Waals surface area contributed by atoms with Gasteiger partial charge in [-0.2, -0.15) is 0 Å². The number of carboxylic acid groups (broad SMARTS) is 1. The lowest BCUT2D eigenvalue weighted by molar-refractivity contribution is -0.132. The summed E-state index contributed by atoms with van der Waals surface area (Å²) in [5, 5.41) is 9.27. The summed E-state index contributed by atoms with van der Waals surface area (Å²) in [6.07, 6.45) is 12.1. The van der Waals surface area contributed by atoms with Gasteiger partial charge < -0.3 is 5.11 Å². The number of carboxylic acids is 1. The van der Waals surface area contributed by atoms with E-state index in [-0.39, 0.29) is 0 Å². The largest absolute Gasteiger partial charge is 0.478 e. The van der Waals surface area contributed by atoms with E-state index < -0.39 is 5.97 Å². The Bertz CT molecular complexity index is 420. The Hall–Kier alpha value is -1.57. The van der Waals surface area contributed by atoms with Gasteiger partial charge >= 0.3 is 5.97 Å². The molecule has 0 radical (unpaired) electrons. The Morgan fingerprint density at radius 1 is 1.00 bits per heavy atom. The Balaban J connectivity index is 2.28. The van der Waals surface area contributed by atoms with Crippen LogP contribution in [0.4, 0.5) is 0 Å². The van der Waals surface area contributed by atoms with Gasteiger partial charge in [-0.3, -0.25) is 0 Å². The first-order valence-electron chi connectivity index (χ1n) is 8.20. The molecule has 2 heteroatoms. The van der Waals surface area contributed by atoms with Gasteiger partial charge in [-0.25, -0.2) is 4.79 Å². The second-order valence-corrected chi connectivity index (χ2v) is 5.61. The van der Waals surface area contributed by atoms with E-state index in [0.717, 1.165) is 18.4 Å². The summed E-state index contributed by atoms with van der Waals surface area (Å²) in [6.45, 7) is 2.23. The minimum Gasteiger partial charge on any atom is -0.478 e. The van der Waals surface area contributed by atoms with Crippen molar-refractivity contribution in [3.05, 3.63) is 47.5 Å². The van der Waals surface area contributed by atoms with E-state index >= 15 is 0 Å². The van der Waals surface area contributed by atoms with Gasteiger partial charge in [-0.15, -0.1) is 0 Å². The predicted octanol–water partition coefficient (Wildman–Crippen LogP) is 5.38. The van der Waals surface area contributed by atoms with E-state index in [4.69, 9.17) is 0 Å². The third-order valence-electron chi connectivity index (χ3n) is 3.71. The van der Waals surface area contributed by atoms with Crippen LogP contribution in [-0.2, 0) is 11.2 Å². The Morgan fingerprint density at radius 2 is 1.62 bits per heavy atom. The van der Waals surface area contributed by atoms with Crippen molar-refractivity contribution in [3.63, 3.8) is 0 Å². The minimum atomic E-state index is -0.790. The standard InChI is InChI=1S/C19H28O2/c1-2-3-4-5-6-7-8-12-15-18(19(20)21)16-17-13-10-9-11-14-17/h9-11,13-15H,2-8,12,16H2,1H3,(H,20,21). The van der Waals surface area contributed by atoms with Crippen LogP contribution in [0, 0.1) is 0 Å². The van der Waals surface area contributed by atoms with Gasteiger partial charge in [0.25, 0.3) is 0 Å². The van der Waals surface area contributed by atoms with Crippen molar-refractivity contribution in [2.45, 2.75) is 64.7 Å². The van der Waals surface area contributed by atoms with Gasteiger partial charge in [0, 0.05) is 12.0 Å². The number of unbranched alkanes of at least 4 members (excludes halogenated alkanes) is 7. The van der Waals surface area contributed by atoms with Crippen molar-refractivity contribution >= 4 is 5.97 Å². The van der Waals surface area contributed by atoms with Gasteiger partial charge in [0.15, 0.2) is 0 Å². The first kappa shape index (κ1) is 17.5. The Labute approximate surface area is 128 Å². The summed E-state index contributed by atoms with van der Waals surface area (Å²) in [5.74, 6) is -0.790. The van der Waals surface area contributed by atoms with E-state index in [1.54, 1.807) is 0 Å². The minimum absolute atomic E-state index is 0.521. The molecule has 0 aliphatic rings. The highest BCUT2D eigenvalue weighted by molar-refractivity contribution is 5.87. The summed E-state index contributed by atoms with van der Waals surface area (Å²) in [4.78, 5) is 11.3. The van der Waals surface area contributed by atoms with Crippen molar-refractivity contribution < 1.29 is 9.90 Å². The molecule has 1 N–H and O–H groups in total. The zero-order valence-electron chi connectivity index (χ0n) is 13.2. The van der Waals surface area contributed by atoms with Crippen LogP contribution in [0.5, 0.6) is 0 Å². The molecule has 0 aromatic heterocycles. The number of rotatable bonds is 11. The topological polar surface area (TPSA) is 37.3 Å². The van der Waals surface area contributed by atoms with Crippen LogP contribution in [0.2, 0.25) is 0 Å². The number of hydrogen-bond donors (Lipinski definition) is 1. The van der Waals surface area contributed by atoms with E-state index in [0.29, 0.717) is 12.0 Å². The predicted molar refractivity (Wildman–Crippen MR) is 88.5 cm³/mol. The molecular weight excluding hydrogens is 260 g/mol. The van der Waals surface area contributed by atoms with Crippen LogP contribution in [0.15, 0.2) is 42.0 Å². The van der Waals surface area contributed by atoms with E-state index in [1.165, 1.54) is 38.5 Å². The second kappa shape index (κ2) is 11.1. The maximum atomic E-state index is 11.3. The average molecular weight is 288 g/mol. The number of benzene rings is 1. The van der Waals surface area contributed by atoms with Crippen molar-refractivity contribution in [2.75, 3.05) is 0 Å². The zero-order chi connectivity index (χ0) is 15.3. The average Bonchev–Trinajstić information content (AvgIpc) is 2.49. The molecule has 0 spiro atoms. The van der Waals surface area contributed by atoms with Crippen LogP contribution in [0.25, 0.3) is 0 Å². The molecule has 0 saturated carbocycles. The molecule has 1 aromatic carbocycles. The third kappa shape index (κ3) is 8.34. The summed E-state index contributed by atoms with van der Waals surface area (Å²) in [5.41, 5.74) is 1.58. The van der Waals surface area contributed by atoms with Crippen LogP contribution in [-0.4, -0.2) is 11.1 Å². The fraction of sp³-hybridized carbons (Fsp3) is 0.526. The molecule has 0 unspecified atom stereocenters. The molecule has 0 aliphatic heterocycles. The van der Waals surface area contributed by atoms with Crippen molar-refractivity contribution in [2.24, 2.45) is 0 Å². The summed E-state index contributed by atoms with van der Waals surface area (Å²) < 4.78 is 0. The molecule has 0 bridgehead atoms. The van der Waals surface area contributed by atoms with Crippen molar-refractivity contribution in [1.29, 1.82) is 0 Å². The highest BCUT2D eigenvalue weighted by atomic mass is 16.4. The summed E-state index contributed by atoms with van der Waals surface area (Å²) in [7, 11) is 0. The first-order chi connectivity index (χ1) is 10.2. The lowest BCUT2D eigenvalue weighted by atomic mass is 10.0. The second-order valence-electron chi connectivity index (χ2n) is 5.61. The lowest BCUT2D eigenvalue weighted by Gasteiger charge is -2.04. The monoisotopic (exact) mass is 288 g/mol. The molecule has 0 atom stereocenters. The summed E-state index contributed by atoms with van der Waals surface area (Å²) >= 11 is 0. The highest BCUT2D eigenvalue weighted by Crippen LogP contribution is 2.12. The summed E-state index contributed by atoms with van der Waals surface area (Å²) in [6, 6.07) is 9.80. The number of carbonyl (C=O) groups is 1. The Morgan fingerprint density at radius 3 is 2.24 bits per heavy atom. The molecule has 1 rings (SSSR count). The quantitative estimate of drug-likeness (QED) is 0.438. The SMILES string of the molecule is CCCCCCCCCC=C(Cc1ccccc1)C(=O)O.